The summed E-state index contributed by atoms with van der Waals surface area (Å²) in [5.41, 5.74) is 6.56. The van der Waals surface area contributed by atoms with Crippen molar-refractivity contribution in [1.82, 2.24) is 0 Å². The summed E-state index contributed by atoms with van der Waals surface area (Å²) in [6.07, 6.45) is 0. The van der Waals surface area contributed by atoms with Gasteiger partial charge in [0.15, 0.2) is 0 Å². The van der Waals surface area contributed by atoms with Crippen molar-refractivity contribution in [3.63, 3.8) is 0 Å². The van der Waals surface area contributed by atoms with Gasteiger partial charge in [-0.2, -0.15) is 0 Å². The van der Waals surface area contributed by atoms with E-state index in [9.17, 15) is 4.39 Å². The average Bonchev–Trinajstić information content (AvgIpc) is 2.44. The molecule has 102 valence electrons. The van der Waals surface area contributed by atoms with Crippen molar-refractivity contribution in [3.8, 4) is 17.6 Å². The highest BCUT2D eigenvalue weighted by Crippen LogP contribution is 2.24. The zero-order chi connectivity index (χ0) is 14.4. The number of nitrogens with two attached hydrogens (primary N) is 1. The molecule has 20 heavy (non-hydrogen) atoms. The lowest BCUT2D eigenvalue weighted by Gasteiger charge is -2.08. The Bertz CT molecular complexity index is 661. The van der Waals surface area contributed by atoms with Crippen LogP contribution in [0.2, 0.25) is 5.02 Å². The molecular formula is C16H13ClFNO. The highest BCUT2D eigenvalue weighted by Gasteiger charge is 2.03. The van der Waals surface area contributed by atoms with Crippen LogP contribution in [-0.2, 0) is 6.61 Å². The van der Waals surface area contributed by atoms with Crippen molar-refractivity contribution in [3.05, 3.63) is 64.4 Å². The van der Waals surface area contributed by atoms with Crippen LogP contribution in [0.5, 0.6) is 5.75 Å². The predicted molar refractivity (Wildman–Crippen MR) is 78.1 cm³/mol. The monoisotopic (exact) mass is 289 g/mol. The number of ether oxygens (including phenoxy) is 1. The second-order valence-corrected chi connectivity index (χ2v) is 4.48. The molecule has 2 nitrogen and oxygen atoms in total. The molecule has 0 aliphatic heterocycles. The summed E-state index contributed by atoms with van der Waals surface area (Å²) < 4.78 is 19.0. The van der Waals surface area contributed by atoms with Crippen molar-refractivity contribution in [2.45, 2.75) is 6.61 Å². The zero-order valence-electron chi connectivity index (χ0n) is 10.7. The summed E-state index contributed by atoms with van der Waals surface area (Å²) in [6.45, 7) is 0.459. The molecule has 2 aromatic rings. The van der Waals surface area contributed by atoms with Gasteiger partial charge >= 0.3 is 0 Å². The quantitative estimate of drug-likeness (QED) is 0.879. The normalized spacial score (nSPS) is 9.75. The van der Waals surface area contributed by atoms with E-state index in [2.05, 4.69) is 11.8 Å². The molecule has 0 heterocycles. The fraction of sp³-hybridized carbons (Fsp3) is 0.125. The van der Waals surface area contributed by atoms with E-state index in [1.54, 1.807) is 18.2 Å². The summed E-state index contributed by atoms with van der Waals surface area (Å²) in [5, 5.41) is 0.520. The first kappa shape index (κ1) is 14.4. The van der Waals surface area contributed by atoms with Crippen LogP contribution >= 0.6 is 11.6 Å². The number of hydrogen-bond acceptors (Lipinski definition) is 2. The summed E-state index contributed by atoms with van der Waals surface area (Å²) in [5.74, 6) is 5.70. The molecule has 0 saturated heterocycles. The Labute approximate surface area is 122 Å². The Morgan fingerprint density at radius 2 is 2.00 bits per heavy atom. The molecule has 4 heteroatoms. The minimum atomic E-state index is -0.355. The molecule has 2 rings (SSSR count). The highest BCUT2D eigenvalue weighted by molar-refractivity contribution is 6.32. The molecule has 0 aliphatic carbocycles. The van der Waals surface area contributed by atoms with E-state index in [0.29, 0.717) is 21.9 Å². The van der Waals surface area contributed by atoms with Gasteiger partial charge in [0, 0.05) is 5.56 Å². The van der Waals surface area contributed by atoms with Crippen LogP contribution in [0.4, 0.5) is 4.39 Å². The van der Waals surface area contributed by atoms with Crippen molar-refractivity contribution in [2.75, 3.05) is 6.54 Å². The summed E-state index contributed by atoms with van der Waals surface area (Å²) in [4.78, 5) is 0. The van der Waals surface area contributed by atoms with Crippen LogP contribution in [-0.4, -0.2) is 6.54 Å². The van der Waals surface area contributed by atoms with E-state index in [-0.39, 0.29) is 19.0 Å². The van der Waals surface area contributed by atoms with Crippen molar-refractivity contribution in [2.24, 2.45) is 5.73 Å². The molecule has 2 N–H and O–H groups in total. The molecule has 2 aromatic carbocycles. The largest absolute Gasteiger partial charge is 0.487 e. The molecule has 0 atom stereocenters. The first-order valence-corrected chi connectivity index (χ1v) is 6.42. The van der Waals surface area contributed by atoms with Crippen molar-refractivity contribution in [1.29, 1.82) is 0 Å². The third-order valence-corrected chi connectivity index (χ3v) is 2.84. The lowest BCUT2D eigenvalue weighted by atomic mass is 10.1. The van der Waals surface area contributed by atoms with Crippen LogP contribution in [0.1, 0.15) is 11.1 Å². The van der Waals surface area contributed by atoms with Gasteiger partial charge in [-0.05, 0) is 35.9 Å². The fourth-order valence-electron chi connectivity index (χ4n) is 1.68. The molecule has 0 bridgehead atoms. The summed E-state index contributed by atoms with van der Waals surface area (Å²) in [7, 11) is 0. The smallest absolute Gasteiger partial charge is 0.138 e. The van der Waals surface area contributed by atoms with E-state index in [1.807, 2.05) is 12.1 Å². The number of halogens is 2. The fourth-order valence-corrected chi connectivity index (χ4v) is 1.87. The predicted octanol–water partition coefficient (Wildman–Crippen LogP) is 3.37. The summed E-state index contributed by atoms with van der Waals surface area (Å²) in [6, 6.07) is 11.7. The second-order valence-electron chi connectivity index (χ2n) is 4.07. The van der Waals surface area contributed by atoms with Crippen LogP contribution in [0, 0.1) is 17.7 Å². The second kappa shape index (κ2) is 6.95. The molecule has 0 fully saturated rings. The van der Waals surface area contributed by atoms with E-state index in [1.165, 1.54) is 12.1 Å². The maximum atomic E-state index is 13.5. The Balaban J connectivity index is 2.13. The van der Waals surface area contributed by atoms with Crippen LogP contribution in [0.25, 0.3) is 0 Å². The van der Waals surface area contributed by atoms with E-state index < -0.39 is 0 Å². The van der Waals surface area contributed by atoms with Gasteiger partial charge in [0.05, 0.1) is 11.6 Å². The Morgan fingerprint density at radius 3 is 2.75 bits per heavy atom. The van der Waals surface area contributed by atoms with Gasteiger partial charge in [-0.25, -0.2) is 4.39 Å². The molecule has 0 aliphatic rings. The van der Waals surface area contributed by atoms with Gasteiger partial charge in [-0.15, -0.1) is 0 Å². The third-order valence-electron chi connectivity index (χ3n) is 2.52. The van der Waals surface area contributed by atoms with Crippen molar-refractivity contribution >= 4 is 11.6 Å². The van der Waals surface area contributed by atoms with Crippen molar-refractivity contribution < 1.29 is 9.13 Å². The van der Waals surface area contributed by atoms with Gasteiger partial charge in [0.25, 0.3) is 0 Å². The zero-order valence-corrected chi connectivity index (χ0v) is 11.5. The first-order valence-electron chi connectivity index (χ1n) is 6.05. The van der Waals surface area contributed by atoms with Crippen LogP contribution < -0.4 is 10.5 Å². The molecule has 0 amide bonds. The third kappa shape index (κ3) is 3.99. The lowest BCUT2D eigenvalue weighted by Crippen LogP contribution is -1.98. The molecule has 0 aromatic heterocycles. The Kier molecular flexibility index (Phi) is 5.00. The minimum absolute atomic E-state index is 0.221. The minimum Gasteiger partial charge on any atom is -0.487 e. The van der Waals surface area contributed by atoms with Crippen LogP contribution in [0.3, 0.4) is 0 Å². The number of para-hydroxylation sites is 1. The molecule has 0 unspecified atom stereocenters. The number of rotatable bonds is 3. The molecular weight excluding hydrogens is 277 g/mol. The molecule has 0 radical (unpaired) electrons. The SMILES string of the molecule is NCC#Cc1cc(F)cc(COc2ccccc2Cl)c1. The average molecular weight is 290 g/mol. The topological polar surface area (TPSA) is 35.2 Å². The molecule has 0 saturated carbocycles. The maximum Gasteiger partial charge on any atom is 0.138 e. The van der Waals surface area contributed by atoms with Gasteiger partial charge in [0.1, 0.15) is 18.2 Å². The first-order chi connectivity index (χ1) is 9.69. The Hall–Kier alpha value is -2.02. The van der Waals surface area contributed by atoms with Gasteiger partial charge in [-0.1, -0.05) is 35.6 Å². The van der Waals surface area contributed by atoms with Gasteiger partial charge in [0.2, 0.25) is 0 Å². The van der Waals surface area contributed by atoms with E-state index in [0.717, 1.165) is 0 Å². The summed E-state index contributed by atoms with van der Waals surface area (Å²) >= 11 is 5.99. The standard InChI is InChI=1S/C16H13ClFNO/c17-15-5-1-2-6-16(15)20-11-13-8-12(4-3-7-19)9-14(18)10-13/h1-2,5-6,8-10H,7,11,19H2. The number of benzene rings is 2. The Morgan fingerprint density at radius 1 is 1.20 bits per heavy atom. The highest BCUT2D eigenvalue weighted by atomic mass is 35.5. The maximum absolute atomic E-state index is 13.5. The van der Waals surface area contributed by atoms with Gasteiger partial charge < -0.3 is 10.5 Å². The van der Waals surface area contributed by atoms with Crippen LogP contribution in [0.15, 0.2) is 42.5 Å². The van der Waals surface area contributed by atoms with E-state index >= 15 is 0 Å². The number of hydrogen-bond donors (Lipinski definition) is 1. The van der Waals surface area contributed by atoms with Gasteiger partial charge in [-0.3, -0.25) is 0 Å². The lowest BCUT2D eigenvalue weighted by molar-refractivity contribution is 0.305. The molecule has 0 spiro atoms. The van der Waals surface area contributed by atoms with E-state index in [4.69, 9.17) is 22.1 Å².